The lowest BCUT2D eigenvalue weighted by Crippen LogP contribution is -2.31. The molecule has 0 radical (unpaired) electrons. The Labute approximate surface area is 128 Å². The minimum atomic E-state index is -0.296. The second kappa shape index (κ2) is 6.33. The minimum Gasteiger partial charge on any atom is -0.389 e. The van der Waals surface area contributed by atoms with Gasteiger partial charge in [-0.3, -0.25) is 0 Å². The van der Waals surface area contributed by atoms with Gasteiger partial charge in [0.25, 0.3) is 0 Å². The fourth-order valence-corrected chi connectivity index (χ4v) is 2.99. The molecule has 0 saturated heterocycles. The first-order valence-corrected chi connectivity index (χ1v) is 7.62. The zero-order valence-corrected chi connectivity index (χ0v) is 13.1. The molecule has 1 atom stereocenters. The number of rotatable bonds is 5. The van der Waals surface area contributed by atoms with Gasteiger partial charge in [-0.1, -0.05) is 18.3 Å². The van der Waals surface area contributed by atoms with Crippen LogP contribution in [-0.4, -0.2) is 18.1 Å². The highest BCUT2D eigenvalue weighted by molar-refractivity contribution is 7.80. The van der Waals surface area contributed by atoms with Gasteiger partial charge in [-0.25, -0.2) is 4.39 Å². The number of nitrogens with zero attached hydrogens (tertiary/aromatic N) is 1. The molecule has 2 aromatic rings. The highest BCUT2D eigenvalue weighted by Gasteiger charge is 2.15. The monoisotopic (exact) mass is 308 g/mol. The molecule has 20 heavy (non-hydrogen) atoms. The normalized spacial score (nSPS) is 12.2. The number of hydrogen-bond donors (Lipinski definition) is 1. The minimum absolute atomic E-state index is 0.207. The number of anilines is 1. The molecule has 0 aliphatic heterocycles. The zero-order chi connectivity index (χ0) is 14.7. The van der Waals surface area contributed by atoms with Crippen molar-refractivity contribution in [3.8, 4) is 0 Å². The van der Waals surface area contributed by atoms with Crippen molar-refractivity contribution in [1.82, 2.24) is 0 Å². The van der Waals surface area contributed by atoms with E-state index in [1.807, 2.05) is 18.0 Å². The number of hydrogen-bond acceptors (Lipinski definition) is 3. The van der Waals surface area contributed by atoms with Crippen LogP contribution in [0, 0.1) is 5.82 Å². The molecule has 1 unspecified atom stereocenters. The summed E-state index contributed by atoms with van der Waals surface area (Å²) in [6.07, 6.45) is 0.894. The van der Waals surface area contributed by atoms with Gasteiger partial charge in [0.05, 0.1) is 5.69 Å². The summed E-state index contributed by atoms with van der Waals surface area (Å²) in [4.78, 5) is 3.45. The van der Waals surface area contributed by atoms with E-state index < -0.39 is 0 Å². The summed E-state index contributed by atoms with van der Waals surface area (Å²) in [6.45, 7) is 2.08. The molecule has 0 fully saturated rings. The summed E-state index contributed by atoms with van der Waals surface area (Å²) in [7, 11) is 1.90. The first-order valence-electron chi connectivity index (χ1n) is 6.33. The van der Waals surface area contributed by atoms with Gasteiger partial charge < -0.3 is 10.6 Å². The molecule has 1 aromatic carbocycles. The largest absolute Gasteiger partial charge is 0.389 e. The maximum absolute atomic E-state index is 14.1. The SMILES string of the molecule is CC(Cc1cccs1)N(C)c1ccc(C(N)=S)cc1F. The molecule has 0 aliphatic rings. The van der Waals surface area contributed by atoms with Gasteiger partial charge in [-0.15, -0.1) is 11.3 Å². The van der Waals surface area contributed by atoms with Crippen LogP contribution in [-0.2, 0) is 6.42 Å². The fraction of sp³-hybridized carbons (Fsp3) is 0.267. The first kappa shape index (κ1) is 14.9. The number of likely N-dealkylation sites (N-methyl/N-ethyl adjacent to an activating group) is 1. The van der Waals surface area contributed by atoms with Gasteiger partial charge in [0.1, 0.15) is 10.8 Å². The van der Waals surface area contributed by atoms with Crippen molar-refractivity contribution >= 4 is 34.2 Å². The summed E-state index contributed by atoms with van der Waals surface area (Å²) < 4.78 is 14.1. The summed E-state index contributed by atoms with van der Waals surface area (Å²) in [6, 6.07) is 9.22. The van der Waals surface area contributed by atoms with E-state index in [1.54, 1.807) is 23.5 Å². The van der Waals surface area contributed by atoms with Crippen molar-refractivity contribution in [2.24, 2.45) is 5.73 Å². The Kier molecular flexibility index (Phi) is 4.73. The highest BCUT2D eigenvalue weighted by atomic mass is 32.1. The van der Waals surface area contributed by atoms with Crippen molar-refractivity contribution in [2.75, 3.05) is 11.9 Å². The van der Waals surface area contributed by atoms with Crippen LogP contribution in [0.1, 0.15) is 17.4 Å². The van der Waals surface area contributed by atoms with E-state index in [0.29, 0.717) is 11.3 Å². The van der Waals surface area contributed by atoms with Crippen molar-refractivity contribution in [3.63, 3.8) is 0 Å². The molecule has 2 N–H and O–H groups in total. The third-order valence-electron chi connectivity index (χ3n) is 3.35. The van der Waals surface area contributed by atoms with Crippen molar-refractivity contribution in [1.29, 1.82) is 0 Å². The van der Waals surface area contributed by atoms with Crippen LogP contribution in [0.2, 0.25) is 0 Å². The highest BCUT2D eigenvalue weighted by Crippen LogP contribution is 2.23. The molecule has 2 nitrogen and oxygen atoms in total. The number of nitrogens with two attached hydrogens (primary N) is 1. The number of thiophene rings is 1. The molecular formula is C15H17FN2S2. The average molecular weight is 308 g/mol. The molecule has 5 heteroatoms. The smallest absolute Gasteiger partial charge is 0.147 e. The van der Waals surface area contributed by atoms with E-state index >= 15 is 0 Å². The maximum atomic E-state index is 14.1. The van der Waals surface area contributed by atoms with Gasteiger partial charge >= 0.3 is 0 Å². The number of halogens is 1. The van der Waals surface area contributed by atoms with Crippen LogP contribution >= 0.6 is 23.6 Å². The third-order valence-corrected chi connectivity index (χ3v) is 4.48. The van der Waals surface area contributed by atoms with Crippen molar-refractivity contribution in [3.05, 3.63) is 52.0 Å². The first-order chi connectivity index (χ1) is 9.49. The topological polar surface area (TPSA) is 29.3 Å². The number of benzene rings is 1. The Morgan fingerprint density at radius 2 is 2.20 bits per heavy atom. The van der Waals surface area contributed by atoms with Crippen molar-refractivity contribution < 1.29 is 4.39 Å². The lowest BCUT2D eigenvalue weighted by molar-refractivity contribution is 0.604. The van der Waals surface area contributed by atoms with Crippen LogP contribution in [0.3, 0.4) is 0 Å². The van der Waals surface area contributed by atoms with E-state index in [2.05, 4.69) is 18.4 Å². The molecule has 0 spiro atoms. The molecule has 2 rings (SSSR count). The Hall–Kier alpha value is -1.46. The Bertz CT molecular complexity index is 596. The van der Waals surface area contributed by atoms with E-state index in [9.17, 15) is 4.39 Å². The van der Waals surface area contributed by atoms with Crippen molar-refractivity contribution in [2.45, 2.75) is 19.4 Å². The lowest BCUT2D eigenvalue weighted by atomic mass is 10.1. The Morgan fingerprint density at radius 3 is 2.75 bits per heavy atom. The predicted molar refractivity (Wildman–Crippen MR) is 88.2 cm³/mol. The van der Waals surface area contributed by atoms with Gasteiger partial charge in [0, 0.05) is 30.0 Å². The molecule has 106 valence electrons. The summed E-state index contributed by atoms with van der Waals surface area (Å²) in [5, 5.41) is 2.06. The van der Waals surface area contributed by atoms with E-state index in [0.717, 1.165) is 6.42 Å². The van der Waals surface area contributed by atoms with Crippen LogP contribution in [0.25, 0.3) is 0 Å². The molecule has 1 heterocycles. The molecular weight excluding hydrogens is 291 g/mol. The quantitative estimate of drug-likeness (QED) is 0.856. The standard InChI is InChI=1S/C15H17FN2S2/c1-10(8-12-4-3-7-20-12)18(2)14-6-5-11(15(17)19)9-13(14)16/h3-7,9-10H,8H2,1-2H3,(H2,17,19). The van der Waals surface area contributed by atoms with Gasteiger partial charge in [-0.2, -0.15) is 0 Å². The zero-order valence-electron chi connectivity index (χ0n) is 11.5. The van der Waals surface area contributed by atoms with Crippen LogP contribution in [0.5, 0.6) is 0 Å². The Balaban J connectivity index is 2.16. The lowest BCUT2D eigenvalue weighted by Gasteiger charge is -2.27. The number of thiocarbonyl (C=S) groups is 1. The second-order valence-electron chi connectivity index (χ2n) is 4.77. The van der Waals surface area contributed by atoms with E-state index in [4.69, 9.17) is 18.0 Å². The van der Waals surface area contributed by atoms with Crippen LogP contribution in [0.15, 0.2) is 35.7 Å². The van der Waals surface area contributed by atoms with Gasteiger partial charge in [0.2, 0.25) is 0 Å². The maximum Gasteiger partial charge on any atom is 0.147 e. The van der Waals surface area contributed by atoms with Gasteiger partial charge in [-0.05, 0) is 36.6 Å². The molecule has 1 aromatic heterocycles. The third kappa shape index (κ3) is 3.35. The molecule has 0 saturated carbocycles. The average Bonchev–Trinajstić information content (AvgIpc) is 2.90. The Morgan fingerprint density at radius 1 is 1.45 bits per heavy atom. The summed E-state index contributed by atoms with van der Waals surface area (Å²) >= 11 is 6.58. The van der Waals surface area contributed by atoms with Crippen LogP contribution in [0.4, 0.5) is 10.1 Å². The molecule has 0 aliphatic carbocycles. The second-order valence-corrected chi connectivity index (χ2v) is 6.25. The summed E-state index contributed by atoms with van der Waals surface area (Å²) in [5.74, 6) is -0.296. The summed E-state index contributed by atoms with van der Waals surface area (Å²) in [5.41, 5.74) is 6.63. The van der Waals surface area contributed by atoms with Gasteiger partial charge in [0.15, 0.2) is 0 Å². The van der Waals surface area contributed by atoms with E-state index in [1.165, 1.54) is 10.9 Å². The molecule has 0 bridgehead atoms. The molecule has 0 amide bonds. The predicted octanol–water partition coefficient (Wildman–Crippen LogP) is 3.59. The fourth-order valence-electron chi connectivity index (χ4n) is 2.04. The van der Waals surface area contributed by atoms with E-state index in [-0.39, 0.29) is 16.8 Å². The van der Waals surface area contributed by atoms with Crippen LogP contribution < -0.4 is 10.6 Å².